The minimum atomic E-state index is -0.383. The third-order valence-electron chi connectivity index (χ3n) is 3.97. The molecule has 2 heteroatoms. The van der Waals surface area contributed by atoms with Gasteiger partial charge in [0.05, 0.1) is 7.11 Å². The van der Waals surface area contributed by atoms with Crippen LogP contribution in [0.3, 0.4) is 0 Å². The molecule has 0 amide bonds. The third kappa shape index (κ3) is 3.85. The molecule has 0 saturated carbocycles. The second kappa shape index (κ2) is 6.31. The van der Waals surface area contributed by atoms with E-state index in [0.29, 0.717) is 5.92 Å². The summed E-state index contributed by atoms with van der Waals surface area (Å²) in [7, 11) is 1.67. The lowest BCUT2D eigenvalue weighted by Gasteiger charge is -2.26. The summed E-state index contributed by atoms with van der Waals surface area (Å²) in [5, 5.41) is 0. The maximum atomic E-state index is 6.52. The van der Waals surface area contributed by atoms with Crippen molar-refractivity contribution in [3.8, 4) is 5.75 Å². The van der Waals surface area contributed by atoms with Gasteiger partial charge >= 0.3 is 0 Å². The number of methoxy groups -OCH3 is 1. The van der Waals surface area contributed by atoms with Crippen LogP contribution in [-0.2, 0) is 12.0 Å². The minimum absolute atomic E-state index is 0.383. The Hall–Kier alpha value is -1.80. The molecule has 0 aliphatic carbocycles. The molecular weight excluding hydrogens is 258 g/mol. The minimum Gasteiger partial charge on any atom is -0.497 e. The van der Waals surface area contributed by atoms with Gasteiger partial charge in [0.25, 0.3) is 0 Å². The maximum absolute atomic E-state index is 6.52. The Balaban J connectivity index is 2.15. The molecule has 0 heterocycles. The fourth-order valence-electron chi connectivity index (χ4n) is 2.52. The van der Waals surface area contributed by atoms with Crippen LogP contribution in [0.1, 0.15) is 43.4 Å². The van der Waals surface area contributed by atoms with Crippen molar-refractivity contribution in [2.24, 2.45) is 5.73 Å². The van der Waals surface area contributed by atoms with Gasteiger partial charge in [-0.15, -0.1) is 0 Å². The summed E-state index contributed by atoms with van der Waals surface area (Å²) >= 11 is 0. The number of benzene rings is 2. The van der Waals surface area contributed by atoms with Crippen LogP contribution in [-0.4, -0.2) is 7.11 Å². The first kappa shape index (κ1) is 15.6. The van der Waals surface area contributed by atoms with Crippen LogP contribution in [0.5, 0.6) is 5.75 Å². The summed E-state index contributed by atoms with van der Waals surface area (Å²) in [6, 6.07) is 16.8. The molecule has 2 nitrogen and oxygen atoms in total. The number of nitrogens with two attached hydrogens (primary N) is 1. The fourth-order valence-corrected chi connectivity index (χ4v) is 2.52. The van der Waals surface area contributed by atoms with Gasteiger partial charge in [0, 0.05) is 5.54 Å². The first-order chi connectivity index (χ1) is 9.92. The Bertz CT molecular complexity index is 568. The average Bonchev–Trinajstić information content (AvgIpc) is 2.47. The highest BCUT2D eigenvalue weighted by Crippen LogP contribution is 2.25. The zero-order chi connectivity index (χ0) is 15.5. The van der Waals surface area contributed by atoms with E-state index < -0.39 is 0 Å². The smallest absolute Gasteiger partial charge is 0.118 e. The van der Waals surface area contributed by atoms with Crippen LogP contribution in [0.25, 0.3) is 0 Å². The van der Waals surface area contributed by atoms with Crippen molar-refractivity contribution >= 4 is 0 Å². The summed E-state index contributed by atoms with van der Waals surface area (Å²) in [6.45, 7) is 6.49. The molecule has 1 unspecified atom stereocenters. The van der Waals surface area contributed by atoms with Crippen LogP contribution < -0.4 is 10.5 Å². The molecule has 2 N–H and O–H groups in total. The molecule has 0 bridgehead atoms. The first-order valence-electron chi connectivity index (χ1n) is 7.44. The maximum Gasteiger partial charge on any atom is 0.118 e. The Morgan fingerprint density at radius 3 is 2.05 bits per heavy atom. The van der Waals surface area contributed by atoms with E-state index >= 15 is 0 Å². The molecule has 0 aromatic heterocycles. The van der Waals surface area contributed by atoms with Gasteiger partial charge in [0.15, 0.2) is 0 Å². The number of hydrogen-bond donors (Lipinski definition) is 1. The summed E-state index contributed by atoms with van der Waals surface area (Å²) in [6.07, 6.45) is 0.817. The Labute approximate surface area is 127 Å². The second-order valence-corrected chi connectivity index (χ2v) is 6.22. The SMILES string of the molecule is COc1ccc(C(C)(N)Cc2ccc(C(C)C)cc2)cc1. The Morgan fingerprint density at radius 2 is 1.57 bits per heavy atom. The van der Waals surface area contributed by atoms with Crippen molar-refractivity contribution in [2.45, 2.75) is 38.6 Å². The largest absolute Gasteiger partial charge is 0.497 e. The lowest BCUT2D eigenvalue weighted by molar-refractivity contribution is 0.413. The van der Waals surface area contributed by atoms with E-state index in [-0.39, 0.29) is 5.54 Å². The zero-order valence-corrected chi connectivity index (χ0v) is 13.4. The number of ether oxygens (including phenoxy) is 1. The molecule has 0 radical (unpaired) electrons. The van der Waals surface area contributed by atoms with Gasteiger partial charge in [0.2, 0.25) is 0 Å². The van der Waals surface area contributed by atoms with E-state index in [1.165, 1.54) is 11.1 Å². The molecule has 2 aromatic rings. The molecule has 0 saturated heterocycles. The third-order valence-corrected chi connectivity index (χ3v) is 3.97. The van der Waals surface area contributed by atoms with Gasteiger partial charge in [-0.05, 0) is 48.1 Å². The van der Waals surface area contributed by atoms with Crippen molar-refractivity contribution in [2.75, 3.05) is 7.11 Å². The zero-order valence-electron chi connectivity index (χ0n) is 13.4. The van der Waals surface area contributed by atoms with Crippen molar-refractivity contribution < 1.29 is 4.74 Å². The Kier molecular flexibility index (Phi) is 4.69. The molecule has 0 aliphatic heterocycles. The normalized spacial score (nSPS) is 14.0. The lowest BCUT2D eigenvalue weighted by Crippen LogP contribution is -2.35. The summed E-state index contributed by atoms with van der Waals surface area (Å²) < 4.78 is 5.19. The predicted octanol–water partition coefficient (Wildman–Crippen LogP) is 4.24. The van der Waals surface area contributed by atoms with Gasteiger partial charge in [-0.2, -0.15) is 0 Å². The molecule has 2 aromatic carbocycles. The van der Waals surface area contributed by atoms with Crippen LogP contribution in [0.15, 0.2) is 48.5 Å². The molecule has 1 atom stereocenters. The van der Waals surface area contributed by atoms with Crippen LogP contribution >= 0.6 is 0 Å². The summed E-state index contributed by atoms with van der Waals surface area (Å²) in [5.74, 6) is 1.42. The van der Waals surface area contributed by atoms with Crippen molar-refractivity contribution in [3.63, 3.8) is 0 Å². The second-order valence-electron chi connectivity index (χ2n) is 6.22. The molecule has 21 heavy (non-hydrogen) atoms. The standard InChI is InChI=1S/C19H25NO/c1-14(2)16-7-5-15(6-8-16)13-19(3,20)17-9-11-18(21-4)12-10-17/h5-12,14H,13,20H2,1-4H3. The van der Waals surface area contributed by atoms with Crippen molar-refractivity contribution in [3.05, 3.63) is 65.2 Å². The van der Waals surface area contributed by atoms with E-state index in [1.54, 1.807) is 7.11 Å². The fraction of sp³-hybridized carbons (Fsp3) is 0.368. The van der Waals surface area contributed by atoms with Crippen LogP contribution in [0.2, 0.25) is 0 Å². The van der Waals surface area contributed by atoms with Gasteiger partial charge in [-0.25, -0.2) is 0 Å². The molecular formula is C19H25NO. The molecule has 0 spiro atoms. The Morgan fingerprint density at radius 1 is 1.00 bits per heavy atom. The van der Waals surface area contributed by atoms with E-state index in [0.717, 1.165) is 17.7 Å². The number of rotatable bonds is 5. The van der Waals surface area contributed by atoms with E-state index in [9.17, 15) is 0 Å². The molecule has 112 valence electrons. The highest BCUT2D eigenvalue weighted by Gasteiger charge is 2.21. The predicted molar refractivity (Wildman–Crippen MR) is 88.8 cm³/mol. The molecule has 0 fully saturated rings. The van der Waals surface area contributed by atoms with E-state index in [2.05, 4.69) is 45.0 Å². The van der Waals surface area contributed by atoms with Crippen molar-refractivity contribution in [1.82, 2.24) is 0 Å². The molecule has 0 aliphatic rings. The van der Waals surface area contributed by atoms with E-state index in [4.69, 9.17) is 10.5 Å². The highest BCUT2D eigenvalue weighted by atomic mass is 16.5. The van der Waals surface area contributed by atoms with Crippen LogP contribution in [0.4, 0.5) is 0 Å². The molecule has 2 rings (SSSR count). The lowest BCUT2D eigenvalue weighted by atomic mass is 9.86. The average molecular weight is 283 g/mol. The monoisotopic (exact) mass is 283 g/mol. The van der Waals surface area contributed by atoms with Gasteiger partial charge < -0.3 is 10.5 Å². The van der Waals surface area contributed by atoms with Gasteiger partial charge in [-0.1, -0.05) is 50.2 Å². The summed E-state index contributed by atoms with van der Waals surface area (Å²) in [4.78, 5) is 0. The quantitative estimate of drug-likeness (QED) is 0.891. The number of hydrogen-bond acceptors (Lipinski definition) is 2. The van der Waals surface area contributed by atoms with Crippen molar-refractivity contribution in [1.29, 1.82) is 0 Å². The van der Waals surface area contributed by atoms with Gasteiger partial charge in [0.1, 0.15) is 5.75 Å². The van der Waals surface area contributed by atoms with Crippen LogP contribution in [0, 0.1) is 0 Å². The van der Waals surface area contributed by atoms with E-state index in [1.807, 2.05) is 24.3 Å². The first-order valence-corrected chi connectivity index (χ1v) is 7.44. The highest BCUT2D eigenvalue weighted by molar-refractivity contribution is 5.34. The topological polar surface area (TPSA) is 35.2 Å². The van der Waals surface area contributed by atoms with Gasteiger partial charge in [-0.3, -0.25) is 0 Å². The summed E-state index contributed by atoms with van der Waals surface area (Å²) in [5.41, 5.74) is 9.88.